The van der Waals surface area contributed by atoms with Crippen LogP contribution in [0, 0.1) is 11.3 Å². The third-order valence-electron chi connectivity index (χ3n) is 3.30. The highest BCUT2D eigenvalue weighted by molar-refractivity contribution is 6.42. The summed E-state index contributed by atoms with van der Waals surface area (Å²) in [4.78, 5) is 14.2. The molecule has 5 nitrogen and oxygen atoms in total. The van der Waals surface area contributed by atoms with Gasteiger partial charge in [-0.15, -0.1) is 0 Å². The van der Waals surface area contributed by atoms with E-state index in [0.29, 0.717) is 28.8 Å². The van der Waals surface area contributed by atoms with Crippen molar-refractivity contribution in [3.8, 4) is 6.07 Å². The third-order valence-corrected chi connectivity index (χ3v) is 4.04. The maximum absolute atomic E-state index is 12.2. The van der Waals surface area contributed by atoms with E-state index in [9.17, 15) is 10.1 Å². The van der Waals surface area contributed by atoms with Crippen molar-refractivity contribution in [1.82, 2.24) is 4.90 Å². The predicted octanol–water partition coefficient (Wildman–Crippen LogP) is 3.45. The summed E-state index contributed by atoms with van der Waals surface area (Å²) in [5, 5.41) is 12.6. The van der Waals surface area contributed by atoms with Gasteiger partial charge in [-0.2, -0.15) is 5.26 Å². The van der Waals surface area contributed by atoms with Crippen LogP contribution in [0.25, 0.3) is 0 Å². The zero-order valence-corrected chi connectivity index (χ0v) is 14.4. The lowest BCUT2D eigenvalue weighted by molar-refractivity contribution is -0.112. The molecule has 23 heavy (non-hydrogen) atoms. The van der Waals surface area contributed by atoms with Crippen molar-refractivity contribution in [2.75, 3.05) is 18.4 Å². The fourth-order valence-electron chi connectivity index (χ4n) is 2.42. The average molecular weight is 354 g/mol. The molecule has 1 aromatic rings. The Morgan fingerprint density at radius 1 is 1.35 bits per heavy atom. The number of rotatable bonds is 3. The maximum Gasteiger partial charge on any atom is 0.267 e. The van der Waals surface area contributed by atoms with Gasteiger partial charge in [0.1, 0.15) is 11.6 Å². The predicted molar refractivity (Wildman–Crippen MR) is 90.4 cm³/mol. The number of morpholine rings is 1. The largest absolute Gasteiger partial charge is 0.372 e. The van der Waals surface area contributed by atoms with Crippen molar-refractivity contribution < 1.29 is 9.53 Å². The molecule has 7 heteroatoms. The van der Waals surface area contributed by atoms with Gasteiger partial charge < -0.3 is 15.0 Å². The molecule has 1 aliphatic heterocycles. The minimum absolute atomic E-state index is 0.0253. The first kappa shape index (κ1) is 17.6. The van der Waals surface area contributed by atoms with E-state index in [1.165, 1.54) is 6.07 Å². The van der Waals surface area contributed by atoms with Crippen LogP contribution < -0.4 is 5.32 Å². The maximum atomic E-state index is 12.2. The Morgan fingerprint density at radius 2 is 2.00 bits per heavy atom. The number of hydrogen-bond donors (Lipinski definition) is 1. The van der Waals surface area contributed by atoms with E-state index in [2.05, 4.69) is 5.32 Å². The quantitative estimate of drug-likeness (QED) is 0.667. The molecule has 122 valence electrons. The van der Waals surface area contributed by atoms with E-state index in [1.807, 2.05) is 24.8 Å². The van der Waals surface area contributed by atoms with Crippen LogP contribution in [-0.4, -0.2) is 36.1 Å². The van der Waals surface area contributed by atoms with Crippen LogP contribution in [-0.2, 0) is 9.53 Å². The van der Waals surface area contributed by atoms with Gasteiger partial charge in [0.25, 0.3) is 5.91 Å². The van der Waals surface area contributed by atoms with Gasteiger partial charge in [0, 0.05) is 25.0 Å². The van der Waals surface area contributed by atoms with Crippen LogP contribution in [0.5, 0.6) is 0 Å². The number of anilines is 1. The Bertz CT molecular complexity index is 660. The number of carbonyl (C=O) groups excluding carboxylic acids is 1. The van der Waals surface area contributed by atoms with Crippen LogP contribution in [0.1, 0.15) is 13.8 Å². The van der Waals surface area contributed by atoms with Crippen LogP contribution in [0.15, 0.2) is 30.0 Å². The molecular weight excluding hydrogens is 337 g/mol. The van der Waals surface area contributed by atoms with Crippen molar-refractivity contribution in [3.05, 3.63) is 40.0 Å². The van der Waals surface area contributed by atoms with E-state index >= 15 is 0 Å². The Morgan fingerprint density at radius 3 is 2.57 bits per heavy atom. The van der Waals surface area contributed by atoms with E-state index in [1.54, 1.807) is 18.3 Å². The van der Waals surface area contributed by atoms with Crippen LogP contribution in [0.4, 0.5) is 5.69 Å². The van der Waals surface area contributed by atoms with Crippen LogP contribution in [0.3, 0.4) is 0 Å². The second kappa shape index (κ2) is 7.69. The normalized spacial score (nSPS) is 21.7. The monoisotopic (exact) mass is 353 g/mol. The van der Waals surface area contributed by atoms with E-state index in [-0.39, 0.29) is 17.8 Å². The average Bonchev–Trinajstić information content (AvgIpc) is 2.47. The number of amides is 1. The fourth-order valence-corrected chi connectivity index (χ4v) is 2.71. The van der Waals surface area contributed by atoms with Crippen molar-refractivity contribution in [3.63, 3.8) is 0 Å². The van der Waals surface area contributed by atoms with Crippen LogP contribution in [0.2, 0.25) is 10.0 Å². The molecule has 1 heterocycles. The third kappa shape index (κ3) is 4.87. The summed E-state index contributed by atoms with van der Waals surface area (Å²) in [7, 11) is 0. The molecule has 1 N–H and O–H groups in total. The molecule has 1 fully saturated rings. The number of halogens is 2. The summed E-state index contributed by atoms with van der Waals surface area (Å²) in [5.74, 6) is -0.488. The highest BCUT2D eigenvalue weighted by Crippen LogP contribution is 2.25. The lowest BCUT2D eigenvalue weighted by Crippen LogP contribution is -2.43. The second-order valence-corrected chi connectivity index (χ2v) is 6.26. The number of nitrogens with one attached hydrogen (secondary N) is 1. The number of carbonyl (C=O) groups is 1. The molecule has 1 aromatic carbocycles. The standard InChI is InChI=1S/C16H17Cl2N3O2/c1-10-7-21(8-11(2)23-10)9-12(6-19)16(22)20-13-3-4-14(17)15(18)5-13/h3-5,9-11H,7-8H2,1-2H3,(H,20,22)/b12-9-. The molecule has 0 radical (unpaired) electrons. The molecule has 0 spiro atoms. The molecule has 2 unspecified atom stereocenters. The summed E-state index contributed by atoms with van der Waals surface area (Å²) in [6.45, 7) is 5.18. The summed E-state index contributed by atoms with van der Waals surface area (Å²) in [6, 6.07) is 6.68. The molecule has 0 aromatic heterocycles. The molecular formula is C16H17Cl2N3O2. The van der Waals surface area contributed by atoms with Gasteiger partial charge in [0.15, 0.2) is 0 Å². The van der Waals surface area contributed by atoms with E-state index in [0.717, 1.165) is 0 Å². The molecule has 1 saturated heterocycles. The minimum atomic E-state index is -0.488. The Labute approximate surface area is 145 Å². The van der Waals surface area contributed by atoms with E-state index < -0.39 is 5.91 Å². The molecule has 1 aliphatic rings. The topological polar surface area (TPSA) is 65.4 Å². The van der Waals surface area contributed by atoms with Gasteiger partial charge in [-0.1, -0.05) is 23.2 Å². The van der Waals surface area contributed by atoms with Gasteiger partial charge >= 0.3 is 0 Å². The minimum Gasteiger partial charge on any atom is -0.372 e. The molecule has 0 aliphatic carbocycles. The molecule has 2 atom stereocenters. The highest BCUT2D eigenvalue weighted by atomic mass is 35.5. The number of ether oxygens (including phenoxy) is 1. The summed E-state index contributed by atoms with van der Waals surface area (Å²) < 4.78 is 5.63. The Hall–Kier alpha value is -1.74. The summed E-state index contributed by atoms with van der Waals surface area (Å²) in [6.07, 6.45) is 1.67. The zero-order chi connectivity index (χ0) is 17.0. The fraction of sp³-hybridized carbons (Fsp3) is 0.375. The molecule has 2 rings (SSSR count). The first-order chi connectivity index (χ1) is 10.9. The zero-order valence-electron chi connectivity index (χ0n) is 12.8. The number of nitrogens with zero attached hydrogens (tertiary/aromatic N) is 2. The number of nitriles is 1. The molecule has 1 amide bonds. The van der Waals surface area contributed by atoms with Gasteiger partial charge in [-0.25, -0.2) is 0 Å². The first-order valence-corrected chi connectivity index (χ1v) is 7.92. The number of benzene rings is 1. The molecule has 0 saturated carbocycles. The van der Waals surface area contributed by atoms with Crippen molar-refractivity contribution in [2.24, 2.45) is 0 Å². The van der Waals surface area contributed by atoms with Crippen molar-refractivity contribution in [1.29, 1.82) is 5.26 Å². The van der Waals surface area contributed by atoms with Gasteiger partial charge in [-0.3, -0.25) is 4.79 Å². The van der Waals surface area contributed by atoms with Crippen molar-refractivity contribution in [2.45, 2.75) is 26.1 Å². The molecule has 0 bridgehead atoms. The smallest absolute Gasteiger partial charge is 0.267 e. The Kier molecular flexibility index (Phi) is 5.89. The summed E-state index contributed by atoms with van der Waals surface area (Å²) in [5.41, 5.74) is 0.506. The summed E-state index contributed by atoms with van der Waals surface area (Å²) >= 11 is 11.7. The Balaban J connectivity index is 2.10. The lowest BCUT2D eigenvalue weighted by Gasteiger charge is -2.34. The van der Waals surface area contributed by atoms with Gasteiger partial charge in [0.2, 0.25) is 0 Å². The lowest BCUT2D eigenvalue weighted by atomic mass is 10.2. The number of hydrogen-bond acceptors (Lipinski definition) is 4. The van der Waals surface area contributed by atoms with Gasteiger partial charge in [0.05, 0.1) is 22.3 Å². The second-order valence-electron chi connectivity index (χ2n) is 5.45. The SMILES string of the molecule is CC1CN(/C=C(/C#N)C(=O)Nc2ccc(Cl)c(Cl)c2)CC(C)O1. The van der Waals surface area contributed by atoms with E-state index in [4.69, 9.17) is 27.9 Å². The van der Waals surface area contributed by atoms with Crippen LogP contribution >= 0.6 is 23.2 Å². The first-order valence-electron chi connectivity index (χ1n) is 7.17. The highest BCUT2D eigenvalue weighted by Gasteiger charge is 2.21. The van der Waals surface area contributed by atoms with Crippen molar-refractivity contribution >= 4 is 34.8 Å². The van der Waals surface area contributed by atoms with Gasteiger partial charge in [-0.05, 0) is 32.0 Å².